The highest BCUT2D eigenvalue weighted by Crippen LogP contribution is 2.33. The van der Waals surface area contributed by atoms with Crippen LogP contribution in [0, 0.1) is 0 Å². The Morgan fingerprint density at radius 1 is 1.20 bits per heavy atom. The van der Waals surface area contributed by atoms with Crippen molar-refractivity contribution in [1.29, 1.82) is 0 Å². The van der Waals surface area contributed by atoms with E-state index in [9.17, 15) is 0 Å². The minimum atomic E-state index is 0.528. The zero-order valence-electron chi connectivity index (χ0n) is 12.0. The molecule has 0 radical (unpaired) electrons. The molecule has 1 heterocycles. The Kier molecular flexibility index (Phi) is 5.31. The number of rotatable bonds is 7. The zero-order valence-corrected chi connectivity index (χ0v) is 12.8. The van der Waals surface area contributed by atoms with Crippen molar-refractivity contribution in [3.63, 3.8) is 0 Å². The molecule has 1 aromatic carbocycles. The number of ether oxygens (including phenoxy) is 2. The summed E-state index contributed by atoms with van der Waals surface area (Å²) in [5.41, 5.74) is 1.21. The van der Waals surface area contributed by atoms with E-state index in [1.165, 1.54) is 16.9 Å². The predicted molar refractivity (Wildman–Crippen MR) is 79.7 cm³/mol. The van der Waals surface area contributed by atoms with Crippen molar-refractivity contribution in [3.05, 3.63) is 28.8 Å². The molecule has 5 nitrogen and oxygen atoms in total. The van der Waals surface area contributed by atoms with Crippen LogP contribution < -0.4 is 14.8 Å². The fourth-order valence-electron chi connectivity index (χ4n) is 1.69. The summed E-state index contributed by atoms with van der Waals surface area (Å²) in [6.45, 7) is 5.77. The highest BCUT2D eigenvalue weighted by Gasteiger charge is 2.10. The molecule has 0 aliphatic carbocycles. The molecule has 0 aliphatic rings. The third-order valence-electron chi connectivity index (χ3n) is 2.81. The lowest BCUT2D eigenvalue weighted by Gasteiger charge is -2.09. The van der Waals surface area contributed by atoms with E-state index in [1.54, 1.807) is 7.11 Å². The molecule has 0 amide bonds. The number of aryl methyl sites for hydroxylation is 1. The molecule has 0 bridgehead atoms. The molecule has 0 saturated carbocycles. The molecule has 0 fully saturated rings. The molecule has 108 valence electrons. The van der Waals surface area contributed by atoms with Gasteiger partial charge in [-0.25, -0.2) is 0 Å². The van der Waals surface area contributed by atoms with Crippen molar-refractivity contribution in [3.8, 4) is 16.7 Å². The van der Waals surface area contributed by atoms with Gasteiger partial charge in [-0.15, -0.1) is 5.10 Å². The molecule has 1 aromatic heterocycles. The van der Waals surface area contributed by atoms with Crippen LogP contribution in [0.3, 0.4) is 0 Å². The van der Waals surface area contributed by atoms with Gasteiger partial charge in [0.05, 0.1) is 7.11 Å². The maximum Gasteiger partial charge on any atom is 0.299 e. The van der Waals surface area contributed by atoms with E-state index in [0.717, 1.165) is 18.0 Å². The maximum absolute atomic E-state index is 5.75. The minimum Gasteiger partial charge on any atom is -0.493 e. The monoisotopic (exact) mass is 293 g/mol. The molecule has 0 atom stereocenters. The normalized spacial score (nSPS) is 10.6. The molecule has 0 spiro atoms. The number of hydrogen-bond acceptors (Lipinski definition) is 6. The van der Waals surface area contributed by atoms with E-state index in [0.29, 0.717) is 23.2 Å². The number of methoxy groups -OCH3 is 1. The molecule has 1 N–H and O–H groups in total. The summed E-state index contributed by atoms with van der Waals surface area (Å²) in [5, 5.41) is 12.8. The van der Waals surface area contributed by atoms with Crippen LogP contribution in [-0.4, -0.2) is 23.9 Å². The van der Waals surface area contributed by atoms with Gasteiger partial charge in [0.2, 0.25) is 0 Å². The van der Waals surface area contributed by atoms with Crippen LogP contribution in [0.5, 0.6) is 16.7 Å². The van der Waals surface area contributed by atoms with Gasteiger partial charge in [0, 0.05) is 6.54 Å². The summed E-state index contributed by atoms with van der Waals surface area (Å²) >= 11 is 1.43. The fraction of sp³-hybridized carbons (Fsp3) is 0.429. The molecule has 0 saturated heterocycles. The lowest BCUT2D eigenvalue weighted by molar-refractivity contribution is 0.376. The lowest BCUT2D eigenvalue weighted by Crippen LogP contribution is -2.11. The van der Waals surface area contributed by atoms with E-state index < -0.39 is 0 Å². The van der Waals surface area contributed by atoms with Crippen molar-refractivity contribution in [1.82, 2.24) is 15.5 Å². The van der Waals surface area contributed by atoms with Crippen molar-refractivity contribution < 1.29 is 9.47 Å². The van der Waals surface area contributed by atoms with Crippen molar-refractivity contribution in [2.75, 3.05) is 13.7 Å². The van der Waals surface area contributed by atoms with Crippen molar-refractivity contribution in [2.24, 2.45) is 0 Å². The SMILES string of the molecule is CCNCc1nnc(Oc2ccc(CC)cc2OC)s1. The van der Waals surface area contributed by atoms with Crippen LogP contribution in [0.1, 0.15) is 24.4 Å². The van der Waals surface area contributed by atoms with Gasteiger partial charge in [0.1, 0.15) is 5.01 Å². The zero-order chi connectivity index (χ0) is 14.4. The van der Waals surface area contributed by atoms with Crippen LogP contribution in [-0.2, 0) is 13.0 Å². The topological polar surface area (TPSA) is 56.3 Å². The molecule has 0 aliphatic heterocycles. The predicted octanol–water partition coefficient (Wildman–Crippen LogP) is 3.01. The molecule has 20 heavy (non-hydrogen) atoms. The first-order valence-corrected chi connectivity index (χ1v) is 7.46. The Hall–Kier alpha value is -1.66. The largest absolute Gasteiger partial charge is 0.493 e. The Bertz CT molecular complexity index is 557. The number of nitrogens with one attached hydrogen (secondary N) is 1. The standard InChI is InChI=1S/C14H19N3O2S/c1-4-10-6-7-11(12(8-10)18-3)19-14-17-16-13(20-14)9-15-5-2/h6-8,15H,4-5,9H2,1-3H3. The van der Waals surface area contributed by atoms with Crippen LogP contribution >= 0.6 is 11.3 Å². The van der Waals surface area contributed by atoms with E-state index in [-0.39, 0.29) is 0 Å². The molecule has 2 aromatic rings. The highest BCUT2D eigenvalue weighted by molar-refractivity contribution is 7.13. The second kappa shape index (κ2) is 7.21. The Morgan fingerprint density at radius 3 is 2.75 bits per heavy atom. The van der Waals surface area contributed by atoms with E-state index >= 15 is 0 Å². The second-order valence-electron chi connectivity index (χ2n) is 4.18. The van der Waals surface area contributed by atoms with Gasteiger partial charge in [-0.1, -0.05) is 36.3 Å². The van der Waals surface area contributed by atoms with Gasteiger partial charge >= 0.3 is 0 Å². The van der Waals surface area contributed by atoms with Crippen LogP contribution in [0.2, 0.25) is 0 Å². The van der Waals surface area contributed by atoms with Gasteiger partial charge in [-0.3, -0.25) is 0 Å². The van der Waals surface area contributed by atoms with Crippen molar-refractivity contribution >= 4 is 11.3 Å². The van der Waals surface area contributed by atoms with E-state index in [4.69, 9.17) is 9.47 Å². The fourth-order valence-corrected chi connectivity index (χ4v) is 2.36. The molecular formula is C14H19N3O2S. The van der Waals surface area contributed by atoms with Gasteiger partial charge in [-0.05, 0) is 30.7 Å². The van der Waals surface area contributed by atoms with Gasteiger partial charge in [0.15, 0.2) is 11.5 Å². The quantitative estimate of drug-likeness (QED) is 0.850. The smallest absolute Gasteiger partial charge is 0.299 e. The average Bonchev–Trinajstić information content (AvgIpc) is 2.93. The number of benzene rings is 1. The minimum absolute atomic E-state index is 0.528. The maximum atomic E-state index is 5.75. The Labute approximate surface area is 123 Å². The molecule has 0 unspecified atom stereocenters. The van der Waals surface area contributed by atoms with Crippen LogP contribution in [0.15, 0.2) is 18.2 Å². The average molecular weight is 293 g/mol. The number of aromatic nitrogens is 2. The van der Waals surface area contributed by atoms with E-state index in [1.807, 2.05) is 18.2 Å². The Morgan fingerprint density at radius 2 is 2.05 bits per heavy atom. The third-order valence-corrected chi connectivity index (χ3v) is 3.61. The summed E-state index contributed by atoms with van der Waals surface area (Å²) < 4.78 is 11.1. The summed E-state index contributed by atoms with van der Waals surface area (Å²) in [4.78, 5) is 0. The first-order valence-electron chi connectivity index (χ1n) is 6.64. The highest BCUT2D eigenvalue weighted by atomic mass is 32.1. The Balaban J connectivity index is 2.11. The lowest BCUT2D eigenvalue weighted by atomic mass is 10.1. The van der Waals surface area contributed by atoms with Gasteiger partial charge < -0.3 is 14.8 Å². The molecule has 6 heteroatoms. The van der Waals surface area contributed by atoms with Crippen molar-refractivity contribution in [2.45, 2.75) is 26.8 Å². The van der Waals surface area contributed by atoms with Crippen LogP contribution in [0.25, 0.3) is 0 Å². The first kappa shape index (κ1) is 14.7. The second-order valence-corrected chi connectivity index (χ2v) is 5.21. The summed E-state index contributed by atoms with van der Waals surface area (Å²) in [6, 6.07) is 5.91. The summed E-state index contributed by atoms with van der Waals surface area (Å²) in [7, 11) is 1.64. The summed E-state index contributed by atoms with van der Waals surface area (Å²) in [6.07, 6.45) is 0.961. The molecule has 2 rings (SSSR count). The first-order chi connectivity index (χ1) is 9.76. The summed E-state index contributed by atoms with van der Waals surface area (Å²) in [5.74, 6) is 1.38. The molecular weight excluding hydrogens is 274 g/mol. The van der Waals surface area contributed by atoms with Gasteiger partial charge in [-0.2, -0.15) is 0 Å². The number of nitrogens with zero attached hydrogens (tertiary/aromatic N) is 2. The number of hydrogen-bond donors (Lipinski definition) is 1. The third kappa shape index (κ3) is 3.68. The van der Waals surface area contributed by atoms with Gasteiger partial charge in [0.25, 0.3) is 5.19 Å². The van der Waals surface area contributed by atoms with Crippen LogP contribution in [0.4, 0.5) is 0 Å². The van der Waals surface area contributed by atoms with E-state index in [2.05, 4.69) is 29.4 Å².